The van der Waals surface area contributed by atoms with Gasteiger partial charge in [-0.05, 0) is 25.0 Å². The maximum absolute atomic E-state index is 11.6. The monoisotopic (exact) mass is 281 g/mol. The van der Waals surface area contributed by atoms with Crippen molar-refractivity contribution in [1.29, 1.82) is 0 Å². The highest BCUT2D eigenvalue weighted by molar-refractivity contribution is 6.18. The second-order valence-electron chi connectivity index (χ2n) is 4.84. The van der Waals surface area contributed by atoms with Crippen molar-refractivity contribution in [3.05, 3.63) is 22.6 Å². The highest BCUT2D eigenvalue weighted by Crippen LogP contribution is 2.23. The fourth-order valence-corrected chi connectivity index (χ4v) is 2.91. The summed E-state index contributed by atoms with van der Waals surface area (Å²) in [5.74, 6) is 1.38. The van der Waals surface area contributed by atoms with Crippen LogP contribution in [0.25, 0.3) is 5.65 Å². The minimum Gasteiger partial charge on any atom is -0.351 e. The summed E-state index contributed by atoms with van der Waals surface area (Å²) >= 11 is 6.07. The van der Waals surface area contributed by atoms with E-state index in [0.29, 0.717) is 11.5 Å². The number of fused-ring (bicyclic) bond motifs is 1. The third-order valence-electron chi connectivity index (χ3n) is 3.61. The molecule has 1 fully saturated rings. The van der Waals surface area contributed by atoms with E-state index in [4.69, 9.17) is 11.6 Å². The van der Waals surface area contributed by atoms with Crippen LogP contribution in [0.5, 0.6) is 0 Å². The molecule has 3 rings (SSSR count). The van der Waals surface area contributed by atoms with E-state index in [1.54, 1.807) is 6.07 Å². The lowest BCUT2D eigenvalue weighted by Gasteiger charge is -2.29. The van der Waals surface area contributed by atoms with Crippen LogP contribution in [0.15, 0.2) is 16.9 Å². The van der Waals surface area contributed by atoms with Crippen molar-refractivity contribution >= 4 is 23.1 Å². The zero-order valence-corrected chi connectivity index (χ0v) is 11.3. The molecular weight excluding hydrogens is 266 g/mol. The molecule has 3 heterocycles. The average molecular weight is 282 g/mol. The quantitative estimate of drug-likeness (QED) is 0.845. The van der Waals surface area contributed by atoms with E-state index in [1.165, 1.54) is 17.4 Å². The Bertz CT molecular complexity index is 622. The molecule has 0 saturated carbocycles. The van der Waals surface area contributed by atoms with Gasteiger partial charge < -0.3 is 4.90 Å². The molecule has 19 heavy (non-hydrogen) atoms. The normalized spacial score (nSPS) is 20.7. The standard InChI is InChI=1S/C12H16ClN5O/c13-8-9-4-2-1-3-7-17(9)11-6-5-10-14-15-12(19)18(10)16-11/h5-6,9H,1-4,7-8H2,(H,15,19). The van der Waals surface area contributed by atoms with Crippen molar-refractivity contribution in [2.75, 3.05) is 17.3 Å². The summed E-state index contributed by atoms with van der Waals surface area (Å²) in [6.07, 6.45) is 4.62. The molecule has 1 atom stereocenters. The molecule has 7 heteroatoms. The van der Waals surface area contributed by atoms with Gasteiger partial charge in [0.15, 0.2) is 5.65 Å². The van der Waals surface area contributed by atoms with E-state index in [1.807, 2.05) is 6.07 Å². The Kier molecular flexibility index (Phi) is 3.42. The third kappa shape index (κ3) is 2.32. The van der Waals surface area contributed by atoms with Crippen LogP contribution in [0.2, 0.25) is 0 Å². The lowest BCUT2D eigenvalue weighted by atomic mass is 10.1. The van der Waals surface area contributed by atoms with Gasteiger partial charge in [-0.25, -0.2) is 9.89 Å². The topological polar surface area (TPSA) is 66.3 Å². The summed E-state index contributed by atoms with van der Waals surface area (Å²) in [6.45, 7) is 0.933. The molecule has 1 saturated heterocycles. The number of nitrogens with one attached hydrogen (secondary N) is 1. The van der Waals surface area contributed by atoms with Crippen LogP contribution in [0.1, 0.15) is 25.7 Å². The van der Waals surface area contributed by atoms with E-state index in [2.05, 4.69) is 20.2 Å². The highest BCUT2D eigenvalue weighted by Gasteiger charge is 2.22. The number of rotatable bonds is 2. The Balaban J connectivity index is 2.00. The fourth-order valence-electron chi connectivity index (χ4n) is 2.59. The number of hydrogen-bond acceptors (Lipinski definition) is 4. The van der Waals surface area contributed by atoms with Gasteiger partial charge in [0.1, 0.15) is 5.82 Å². The molecule has 0 amide bonds. The van der Waals surface area contributed by atoms with Crippen molar-refractivity contribution in [1.82, 2.24) is 19.8 Å². The van der Waals surface area contributed by atoms with Crippen LogP contribution in [0, 0.1) is 0 Å². The second kappa shape index (κ2) is 5.21. The molecule has 1 unspecified atom stereocenters. The second-order valence-corrected chi connectivity index (χ2v) is 5.15. The number of anilines is 1. The fraction of sp³-hybridized carbons (Fsp3) is 0.583. The number of halogens is 1. The molecule has 2 aromatic rings. The van der Waals surface area contributed by atoms with Gasteiger partial charge in [-0.15, -0.1) is 16.7 Å². The van der Waals surface area contributed by atoms with Gasteiger partial charge in [-0.1, -0.05) is 12.8 Å². The maximum Gasteiger partial charge on any atom is 0.364 e. The molecule has 0 bridgehead atoms. The number of H-pyrrole nitrogens is 1. The van der Waals surface area contributed by atoms with Gasteiger partial charge in [0.25, 0.3) is 0 Å². The van der Waals surface area contributed by atoms with E-state index in [-0.39, 0.29) is 11.7 Å². The molecule has 1 aliphatic heterocycles. The van der Waals surface area contributed by atoms with Crippen LogP contribution in [0.4, 0.5) is 5.82 Å². The molecular formula is C12H16ClN5O. The lowest BCUT2D eigenvalue weighted by Crippen LogP contribution is -2.37. The number of aromatic amines is 1. The first kappa shape index (κ1) is 12.5. The Morgan fingerprint density at radius 1 is 1.37 bits per heavy atom. The van der Waals surface area contributed by atoms with Crippen LogP contribution in [0.3, 0.4) is 0 Å². The molecule has 102 valence electrons. The van der Waals surface area contributed by atoms with Crippen molar-refractivity contribution in [3.63, 3.8) is 0 Å². The zero-order valence-electron chi connectivity index (χ0n) is 10.5. The summed E-state index contributed by atoms with van der Waals surface area (Å²) in [6, 6.07) is 3.99. The van der Waals surface area contributed by atoms with Gasteiger partial charge in [0, 0.05) is 18.5 Å². The van der Waals surface area contributed by atoms with Crippen LogP contribution >= 0.6 is 11.6 Å². The van der Waals surface area contributed by atoms with Gasteiger partial charge >= 0.3 is 5.69 Å². The van der Waals surface area contributed by atoms with E-state index in [0.717, 1.165) is 25.2 Å². The lowest BCUT2D eigenvalue weighted by molar-refractivity contribution is 0.611. The van der Waals surface area contributed by atoms with Crippen LogP contribution in [-0.4, -0.2) is 38.3 Å². The minimum absolute atomic E-state index is 0.289. The molecule has 2 aromatic heterocycles. The van der Waals surface area contributed by atoms with Crippen LogP contribution < -0.4 is 10.6 Å². The molecule has 0 radical (unpaired) electrons. The predicted molar refractivity (Wildman–Crippen MR) is 73.9 cm³/mol. The molecule has 1 aliphatic rings. The van der Waals surface area contributed by atoms with Gasteiger partial charge in [-0.3, -0.25) is 0 Å². The Morgan fingerprint density at radius 3 is 3.11 bits per heavy atom. The summed E-state index contributed by atoms with van der Waals surface area (Å²) in [5, 5.41) is 10.7. The summed E-state index contributed by atoms with van der Waals surface area (Å²) < 4.78 is 1.30. The highest BCUT2D eigenvalue weighted by atomic mass is 35.5. The van der Waals surface area contributed by atoms with E-state index < -0.39 is 0 Å². The number of hydrogen-bond donors (Lipinski definition) is 1. The third-order valence-corrected chi connectivity index (χ3v) is 3.97. The smallest absolute Gasteiger partial charge is 0.351 e. The summed E-state index contributed by atoms with van der Waals surface area (Å²) in [4.78, 5) is 13.8. The SMILES string of the molecule is O=c1[nH]nc2ccc(N3CCCCCC3CCl)nn12. The van der Waals surface area contributed by atoms with E-state index in [9.17, 15) is 4.79 Å². The van der Waals surface area contributed by atoms with Crippen molar-refractivity contribution in [3.8, 4) is 0 Å². The molecule has 0 aromatic carbocycles. The van der Waals surface area contributed by atoms with Crippen molar-refractivity contribution in [2.45, 2.75) is 31.7 Å². The van der Waals surface area contributed by atoms with Gasteiger partial charge in [0.05, 0.1) is 0 Å². The van der Waals surface area contributed by atoms with Crippen LogP contribution in [-0.2, 0) is 0 Å². The van der Waals surface area contributed by atoms with Crippen molar-refractivity contribution < 1.29 is 0 Å². The molecule has 6 nitrogen and oxygen atoms in total. The first-order valence-corrected chi connectivity index (χ1v) is 7.10. The Morgan fingerprint density at radius 2 is 2.26 bits per heavy atom. The number of aromatic nitrogens is 4. The number of nitrogens with zero attached hydrogens (tertiary/aromatic N) is 4. The Hall–Kier alpha value is -1.56. The molecule has 0 spiro atoms. The largest absolute Gasteiger partial charge is 0.364 e. The summed E-state index contributed by atoms with van der Waals surface area (Å²) in [5.41, 5.74) is 0.222. The minimum atomic E-state index is -0.311. The predicted octanol–water partition coefficient (Wildman–Crippen LogP) is 1.41. The molecule has 1 N–H and O–H groups in total. The van der Waals surface area contributed by atoms with E-state index >= 15 is 0 Å². The van der Waals surface area contributed by atoms with Gasteiger partial charge in [0.2, 0.25) is 0 Å². The van der Waals surface area contributed by atoms with Gasteiger partial charge in [-0.2, -0.15) is 9.61 Å². The molecule has 0 aliphatic carbocycles. The average Bonchev–Trinajstić information content (AvgIpc) is 2.66. The number of alkyl halides is 1. The van der Waals surface area contributed by atoms with Crippen molar-refractivity contribution in [2.24, 2.45) is 0 Å². The maximum atomic E-state index is 11.6. The Labute approximate surface area is 115 Å². The zero-order chi connectivity index (χ0) is 13.2. The summed E-state index contributed by atoms with van der Waals surface area (Å²) in [7, 11) is 0. The first-order chi connectivity index (χ1) is 9.29. The first-order valence-electron chi connectivity index (χ1n) is 6.56.